The maximum absolute atomic E-state index is 12.4. The number of para-hydroxylation sites is 1. The minimum absolute atomic E-state index is 0.386. The lowest BCUT2D eigenvalue weighted by Gasteiger charge is -2.10. The number of benzene rings is 1. The van der Waals surface area contributed by atoms with Gasteiger partial charge in [-0.2, -0.15) is 8.78 Å². The average molecular weight is 264 g/mol. The highest BCUT2D eigenvalue weighted by molar-refractivity contribution is 9.10. The number of nitrogens with one attached hydrogen (secondary N) is 1. The molecular weight excluding hydrogens is 256 g/mol. The zero-order valence-corrected chi connectivity index (χ0v) is 8.94. The Kier molecular flexibility index (Phi) is 3.21. The molecule has 1 rings (SSSR count). The summed E-state index contributed by atoms with van der Waals surface area (Å²) in [6.07, 6.45) is 0. The van der Waals surface area contributed by atoms with E-state index < -0.39 is 10.7 Å². The molecule has 0 aliphatic carbocycles. The number of alkyl halides is 3. The number of hydrogen-bond acceptors (Lipinski definition) is 1. The normalized spacial score (nSPS) is 11.1. The summed E-state index contributed by atoms with van der Waals surface area (Å²) in [7, 11) is 0. The van der Waals surface area contributed by atoms with Gasteiger partial charge in [0.25, 0.3) is 0 Å². The monoisotopic (exact) mass is 263 g/mol. The molecule has 0 bridgehead atoms. The van der Waals surface area contributed by atoms with Crippen LogP contribution in [0.2, 0.25) is 0 Å². The highest BCUT2D eigenvalue weighted by Crippen LogP contribution is 2.24. The second-order valence-electron chi connectivity index (χ2n) is 2.77. The third-order valence-corrected chi connectivity index (χ3v) is 2.01. The van der Waals surface area contributed by atoms with Crippen molar-refractivity contribution in [1.82, 2.24) is 0 Å². The number of carbonyl (C=O) groups excluding carboxylic acids is 1. The second-order valence-corrected chi connectivity index (χ2v) is 3.76. The Labute approximate surface area is 88.4 Å². The van der Waals surface area contributed by atoms with Gasteiger partial charge in [0.05, 0.1) is 0 Å². The van der Waals surface area contributed by atoms with E-state index in [1.54, 1.807) is 31.2 Å². The molecule has 0 radical (unpaired) electrons. The summed E-state index contributed by atoms with van der Waals surface area (Å²) in [4.78, 5) is 7.35. The van der Waals surface area contributed by atoms with Gasteiger partial charge < -0.3 is 5.32 Å². The van der Waals surface area contributed by atoms with Crippen LogP contribution in [-0.2, 0) is 4.79 Å². The molecule has 0 heterocycles. The van der Waals surface area contributed by atoms with Gasteiger partial charge in [0.15, 0.2) is 0 Å². The highest BCUT2D eigenvalue weighted by Gasteiger charge is 2.34. The SMILES string of the molecule is Cc1ccccc1NC(=O)C(F)(F)Br. The van der Waals surface area contributed by atoms with Crippen molar-refractivity contribution in [2.75, 3.05) is 5.32 Å². The van der Waals surface area contributed by atoms with E-state index in [0.29, 0.717) is 5.69 Å². The van der Waals surface area contributed by atoms with Crippen molar-refractivity contribution < 1.29 is 13.6 Å². The van der Waals surface area contributed by atoms with Crippen molar-refractivity contribution in [3.05, 3.63) is 29.8 Å². The lowest BCUT2D eigenvalue weighted by molar-refractivity contribution is -0.128. The molecule has 76 valence electrons. The first-order valence-corrected chi connectivity index (χ1v) is 4.64. The molecule has 0 saturated heterocycles. The number of aryl methyl sites for hydroxylation is 1. The lowest BCUT2D eigenvalue weighted by atomic mass is 10.2. The molecule has 0 spiro atoms. The number of anilines is 1. The summed E-state index contributed by atoms with van der Waals surface area (Å²) in [6.45, 7) is 1.72. The molecule has 1 N–H and O–H groups in total. The summed E-state index contributed by atoms with van der Waals surface area (Å²) in [5, 5.41) is 2.11. The summed E-state index contributed by atoms with van der Waals surface area (Å²) >= 11 is 1.98. The van der Waals surface area contributed by atoms with Crippen molar-refractivity contribution in [1.29, 1.82) is 0 Å². The fraction of sp³-hybridized carbons (Fsp3) is 0.222. The molecule has 0 aliphatic heterocycles. The van der Waals surface area contributed by atoms with Crippen LogP contribution in [0.4, 0.5) is 14.5 Å². The number of hydrogen-bond donors (Lipinski definition) is 1. The Morgan fingerprint density at radius 1 is 1.43 bits per heavy atom. The van der Waals surface area contributed by atoms with Crippen LogP contribution < -0.4 is 5.32 Å². The van der Waals surface area contributed by atoms with E-state index in [1.165, 1.54) is 0 Å². The molecule has 0 aromatic heterocycles. The first-order valence-electron chi connectivity index (χ1n) is 3.85. The molecule has 1 aromatic rings. The zero-order valence-electron chi connectivity index (χ0n) is 7.35. The van der Waals surface area contributed by atoms with Crippen molar-refractivity contribution in [3.8, 4) is 0 Å². The van der Waals surface area contributed by atoms with Crippen molar-refractivity contribution >= 4 is 27.5 Å². The van der Waals surface area contributed by atoms with Crippen LogP contribution in [0, 0.1) is 6.92 Å². The Morgan fingerprint density at radius 3 is 2.50 bits per heavy atom. The third-order valence-electron chi connectivity index (χ3n) is 1.65. The predicted molar refractivity (Wildman–Crippen MR) is 53.7 cm³/mol. The van der Waals surface area contributed by atoms with Gasteiger partial charge in [0.2, 0.25) is 0 Å². The number of amides is 1. The zero-order chi connectivity index (χ0) is 10.8. The van der Waals surface area contributed by atoms with E-state index in [0.717, 1.165) is 5.56 Å². The van der Waals surface area contributed by atoms with Crippen LogP contribution >= 0.6 is 15.9 Å². The van der Waals surface area contributed by atoms with Gasteiger partial charge in [0.1, 0.15) is 0 Å². The van der Waals surface area contributed by atoms with Crippen LogP contribution in [0.15, 0.2) is 24.3 Å². The van der Waals surface area contributed by atoms with E-state index in [-0.39, 0.29) is 0 Å². The number of carbonyl (C=O) groups is 1. The third kappa shape index (κ3) is 2.77. The quantitative estimate of drug-likeness (QED) is 0.817. The predicted octanol–water partition coefficient (Wildman–Crippen LogP) is 2.92. The van der Waals surface area contributed by atoms with E-state index in [2.05, 4.69) is 5.32 Å². The largest absolute Gasteiger partial charge is 0.378 e. The molecule has 0 fully saturated rings. The molecule has 14 heavy (non-hydrogen) atoms. The maximum atomic E-state index is 12.4. The molecule has 5 heteroatoms. The van der Waals surface area contributed by atoms with E-state index >= 15 is 0 Å². The first-order chi connectivity index (χ1) is 6.41. The van der Waals surface area contributed by atoms with Crippen LogP contribution in [0.25, 0.3) is 0 Å². The first kappa shape index (κ1) is 11.1. The van der Waals surface area contributed by atoms with Gasteiger partial charge in [-0.05, 0) is 18.6 Å². The molecule has 0 atom stereocenters. The van der Waals surface area contributed by atoms with E-state index in [1.807, 2.05) is 15.9 Å². The molecule has 1 amide bonds. The minimum atomic E-state index is -3.53. The van der Waals surface area contributed by atoms with Crippen LogP contribution in [0.5, 0.6) is 0 Å². The molecular formula is C9H8BrF2NO. The molecule has 1 aromatic carbocycles. The minimum Gasteiger partial charge on any atom is -0.320 e. The Hall–Kier alpha value is -0.970. The van der Waals surface area contributed by atoms with Gasteiger partial charge in [-0.15, -0.1) is 0 Å². The van der Waals surface area contributed by atoms with E-state index in [9.17, 15) is 13.6 Å². The second kappa shape index (κ2) is 4.04. The Morgan fingerprint density at radius 2 is 2.00 bits per heavy atom. The summed E-state index contributed by atoms with van der Waals surface area (Å²) < 4.78 is 24.9. The van der Waals surface area contributed by atoms with Crippen LogP contribution in [0.1, 0.15) is 5.56 Å². The van der Waals surface area contributed by atoms with Crippen molar-refractivity contribution in [2.24, 2.45) is 0 Å². The standard InChI is InChI=1S/C9H8BrF2NO/c1-6-4-2-3-5-7(6)13-8(14)9(10,11)12/h2-5H,1H3,(H,13,14). The molecule has 0 aliphatic rings. The number of halogens is 3. The smallest absolute Gasteiger partial charge is 0.320 e. The molecule has 2 nitrogen and oxygen atoms in total. The Balaban J connectivity index is 2.80. The molecule has 0 saturated carbocycles. The fourth-order valence-corrected chi connectivity index (χ4v) is 1.01. The van der Waals surface area contributed by atoms with Crippen molar-refractivity contribution in [3.63, 3.8) is 0 Å². The summed E-state index contributed by atoms with van der Waals surface area (Å²) in [5.41, 5.74) is 1.12. The van der Waals surface area contributed by atoms with Gasteiger partial charge in [-0.25, -0.2) is 0 Å². The highest BCUT2D eigenvalue weighted by atomic mass is 79.9. The van der Waals surface area contributed by atoms with Crippen LogP contribution in [0.3, 0.4) is 0 Å². The summed E-state index contributed by atoms with van der Waals surface area (Å²) in [6, 6.07) is 6.71. The number of rotatable bonds is 2. The molecule has 0 unspecified atom stereocenters. The maximum Gasteiger partial charge on any atom is 0.378 e. The van der Waals surface area contributed by atoms with Gasteiger partial charge in [0, 0.05) is 21.6 Å². The van der Waals surface area contributed by atoms with Gasteiger partial charge in [-0.1, -0.05) is 18.2 Å². The van der Waals surface area contributed by atoms with Crippen LogP contribution in [-0.4, -0.2) is 10.7 Å². The lowest BCUT2D eigenvalue weighted by Crippen LogP contribution is -2.28. The Bertz CT molecular complexity index is 349. The van der Waals surface area contributed by atoms with Gasteiger partial charge in [-0.3, -0.25) is 4.79 Å². The average Bonchev–Trinajstić information content (AvgIpc) is 2.07. The topological polar surface area (TPSA) is 29.1 Å². The van der Waals surface area contributed by atoms with Gasteiger partial charge >= 0.3 is 10.7 Å². The van der Waals surface area contributed by atoms with Crippen molar-refractivity contribution in [2.45, 2.75) is 11.8 Å². The fourth-order valence-electron chi connectivity index (χ4n) is 0.906. The van der Waals surface area contributed by atoms with E-state index in [4.69, 9.17) is 0 Å². The summed E-state index contributed by atoms with van der Waals surface area (Å²) in [5.74, 6) is -1.37.